The number of fused-ring (bicyclic) bond motifs is 1. The van der Waals surface area contributed by atoms with Gasteiger partial charge in [-0.3, -0.25) is 14.6 Å². The third-order valence-corrected chi connectivity index (χ3v) is 3.31. The van der Waals surface area contributed by atoms with Gasteiger partial charge in [0.05, 0.1) is 11.5 Å². The second-order valence-corrected chi connectivity index (χ2v) is 5.46. The minimum Gasteiger partial charge on any atom is -0.452 e. The first-order valence-electron chi connectivity index (χ1n) is 7.24. The van der Waals surface area contributed by atoms with Gasteiger partial charge < -0.3 is 9.47 Å². The quantitative estimate of drug-likeness (QED) is 0.494. The Hall–Kier alpha value is -2.95. The zero-order valence-corrected chi connectivity index (χ0v) is 12.8. The third kappa shape index (κ3) is 3.13. The number of aromatic nitrogens is 1. The van der Waals surface area contributed by atoms with Crippen molar-refractivity contribution >= 4 is 17.8 Å². The number of ether oxygens (including phenoxy) is 2. The summed E-state index contributed by atoms with van der Waals surface area (Å²) in [4.78, 5) is 28.0. The molecule has 2 heterocycles. The Balaban J connectivity index is 1.85. The molecular weight excluding hydrogens is 294 g/mol. The number of benzene rings is 1. The van der Waals surface area contributed by atoms with E-state index in [0.717, 1.165) is 5.56 Å². The molecule has 116 valence electrons. The van der Waals surface area contributed by atoms with E-state index in [1.165, 1.54) is 0 Å². The minimum atomic E-state index is -0.333. The van der Waals surface area contributed by atoms with Crippen LogP contribution in [-0.4, -0.2) is 16.7 Å². The van der Waals surface area contributed by atoms with Crippen LogP contribution in [-0.2, 0) is 4.79 Å². The van der Waals surface area contributed by atoms with Crippen LogP contribution in [0.1, 0.15) is 29.8 Å². The number of ketones is 1. The predicted molar refractivity (Wildman–Crippen MR) is 84.1 cm³/mol. The van der Waals surface area contributed by atoms with Gasteiger partial charge in [-0.05, 0) is 29.8 Å². The summed E-state index contributed by atoms with van der Waals surface area (Å²) in [5, 5.41) is 0. The molecule has 2 aromatic rings. The van der Waals surface area contributed by atoms with Gasteiger partial charge in [-0.1, -0.05) is 19.9 Å². The highest BCUT2D eigenvalue weighted by Gasteiger charge is 2.28. The summed E-state index contributed by atoms with van der Waals surface area (Å²) >= 11 is 0. The Kier molecular flexibility index (Phi) is 3.93. The molecule has 0 aliphatic carbocycles. The summed E-state index contributed by atoms with van der Waals surface area (Å²) in [5.74, 6) is 0.204. The van der Waals surface area contributed by atoms with Crippen LogP contribution in [0.2, 0.25) is 0 Å². The Morgan fingerprint density at radius 1 is 1.30 bits per heavy atom. The monoisotopic (exact) mass is 309 g/mol. The molecule has 0 bridgehead atoms. The first kappa shape index (κ1) is 15.0. The van der Waals surface area contributed by atoms with Crippen LogP contribution in [0.4, 0.5) is 0 Å². The Bertz CT molecular complexity index is 794. The Morgan fingerprint density at radius 3 is 2.83 bits per heavy atom. The van der Waals surface area contributed by atoms with E-state index < -0.39 is 0 Å². The summed E-state index contributed by atoms with van der Waals surface area (Å²) in [6.07, 6.45) is 4.93. The van der Waals surface area contributed by atoms with Gasteiger partial charge >= 0.3 is 5.97 Å². The molecule has 0 atom stereocenters. The molecule has 0 spiro atoms. The lowest BCUT2D eigenvalue weighted by molar-refractivity contribution is -0.137. The molecule has 1 aromatic carbocycles. The fourth-order valence-corrected chi connectivity index (χ4v) is 2.08. The maximum Gasteiger partial charge on any atom is 0.313 e. The molecule has 5 nitrogen and oxygen atoms in total. The zero-order valence-electron chi connectivity index (χ0n) is 12.8. The second kappa shape index (κ2) is 6.04. The number of Topliss-reactive ketones (excluding diaryl/α,β-unsaturated/α-hetero) is 1. The van der Waals surface area contributed by atoms with Crippen LogP contribution < -0.4 is 9.47 Å². The normalized spacial score (nSPS) is 14.7. The summed E-state index contributed by atoms with van der Waals surface area (Å²) in [6.45, 7) is 3.51. The molecule has 0 fully saturated rings. The van der Waals surface area contributed by atoms with Gasteiger partial charge in [-0.15, -0.1) is 0 Å². The molecule has 0 amide bonds. The fourth-order valence-electron chi connectivity index (χ4n) is 2.08. The smallest absolute Gasteiger partial charge is 0.313 e. The van der Waals surface area contributed by atoms with Crippen molar-refractivity contribution in [1.82, 2.24) is 4.98 Å². The topological polar surface area (TPSA) is 65.5 Å². The zero-order chi connectivity index (χ0) is 16.4. The molecule has 5 heteroatoms. The number of hydrogen-bond donors (Lipinski definition) is 0. The van der Waals surface area contributed by atoms with Crippen molar-refractivity contribution in [3.63, 3.8) is 0 Å². The SMILES string of the molecule is CC(C)C(=O)Oc1ccc2c(c1)O/C(=C\c1cccnc1)C2=O. The van der Waals surface area contributed by atoms with E-state index in [1.54, 1.807) is 56.6 Å². The average molecular weight is 309 g/mol. The van der Waals surface area contributed by atoms with E-state index in [9.17, 15) is 9.59 Å². The molecule has 0 saturated carbocycles. The fraction of sp³-hybridized carbons (Fsp3) is 0.167. The molecule has 1 aliphatic rings. The summed E-state index contributed by atoms with van der Waals surface area (Å²) in [5.41, 5.74) is 1.22. The van der Waals surface area contributed by atoms with Crippen LogP contribution in [0.3, 0.4) is 0 Å². The van der Waals surface area contributed by atoms with Gasteiger partial charge in [0, 0.05) is 18.5 Å². The second-order valence-electron chi connectivity index (χ2n) is 5.46. The lowest BCUT2D eigenvalue weighted by Gasteiger charge is -2.07. The van der Waals surface area contributed by atoms with Crippen molar-refractivity contribution in [2.45, 2.75) is 13.8 Å². The summed E-state index contributed by atoms with van der Waals surface area (Å²) in [6, 6.07) is 8.35. The van der Waals surface area contributed by atoms with Crippen LogP contribution in [0.15, 0.2) is 48.5 Å². The lowest BCUT2D eigenvalue weighted by Crippen LogP contribution is -2.14. The lowest BCUT2D eigenvalue weighted by atomic mass is 10.1. The van der Waals surface area contributed by atoms with Crippen LogP contribution in [0, 0.1) is 5.92 Å². The number of pyridine rings is 1. The van der Waals surface area contributed by atoms with Crippen molar-refractivity contribution in [2.75, 3.05) is 0 Å². The minimum absolute atomic E-state index is 0.203. The molecule has 1 aliphatic heterocycles. The molecule has 0 unspecified atom stereocenters. The van der Waals surface area contributed by atoms with E-state index >= 15 is 0 Å². The largest absolute Gasteiger partial charge is 0.452 e. The van der Waals surface area contributed by atoms with Gasteiger partial charge in [-0.25, -0.2) is 0 Å². The molecule has 0 saturated heterocycles. The standard InChI is InChI=1S/C18H15NO4/c1-11(2)18(21)22-13-5-6-14-15(9-13)23-16(17(14)20)8-12-4-3-7-19-10-12/h3-11H,1-2H3/b16-8-. The highest BCUT2D eigenvalue weighted by atomic mass is 16.5. The van der Waals surface area contributed by atoms with E-state index in [2.05, 4.69) is 4.98 Å². The van der Waals surface area contributed by atoms with Crippen molar-refractivity contribution in [1.29, 1.82) is 0 Å². The maximum absolute atomic E-state index is 12.3. The molecule has 1 aromatic heterocycles. The van der Waals surface area contributed by atoms with Crippen molar-refractivity contribution in [3.8, 4) is 11.5 Å². The Labute approximate surface area is 133 Å². The van der Waals surface area contributed by atoms with Crippen molar-refractivity contribution < 1.29 is 19.1 Å². The first-order chi connectivity index (χ1) is 11.0. The number of carbonyl (C=O) groups is 2. The highest BCUT2D eigenvalue weighted by molar-refractivity contribution is 6.14. The number of nitrogens with zero attached hydrogens (tertiary/aromatic N) is 1. The number of hydrogen-bond acceptors (Lipinski definition) is 5. The number of esters is 1. The molecule has 3 rings (SSSR count). The van der Waals surface area contributed by atoms with Crippen molar-refractivity contribution in [3.05, 3.63) is 59.6 Å². The highest BCUT2D eigenvalue weighted by Crippen LogP contribution is 2.35. The van der Waals surface area contributed by atoms with Gasteiger partial charge in [0.1, 0.15) is 11.5 Å². The third-order valence-electron chi connectivity index (χ3n) is 3.31. The molecule has 0 radical (unpaired) electrons. The van der Waals surface area contributed by atoms with Crippen molar-refractivity contribution in [2.24, 2.45) is 5.92 Å². The van der Waals surface area contributed by atoms with Crippen LogP contribution in [0.5, 0.6) is 11.5 Å². The van der Waals surface area contributed by atoms with Gasteiger partial charge in [0.2, 0.25) is 5.78 Å². The first-order valence-corrected chi connectivity index (χ1v) is 7.24. The van der Waals surface area contributed by atoms with Crippen LogP contribution >= 0.6 is 0 Å². The van der Waals surface area contributed by atoms with E-state index in [1.807, 2.05) is 6.07 Å². The number of rotatable bonds is 3. The van der Waals surface area contributed by atoms with E-state index in [4.69, 9.17) is 9.47 Å². The number of carbonyl (C=O) groups excluding carboxylic acids is 2. The van der Waals surface area contributed by atoms with E-state index in [-0.39, 0.29) is 23.4 Å². The predicted octanol–water partition coefficient (Wildman–Crippen LogP) is 3.26. The van der Waals surface area contributed by atoms with E-state index in [0.29, 0.717) is 17.1 Å². The maximum atomic E-state index is 12.3. The van der Waals surface area contributed by atoms with Crippen LogP contribution in [0.25, 0.3) is 6.08 Å². The Morgan fingerprint density at radius 2 is 2.13 bits per heavy atom. The summed E-state index contributed by atoms with van der Waals surface area (Å²) in [7, 11) is 0. The molecule has 0 N–H and O–H groups in total. The average Bonchev–Trinajstić information content (AvgIpc) is 2.84. The van der Waals surface area contributed by atoms with Gasteiger partial charge in [0.25, 0.3) is 0 Å². The molecule has 23 heavy (non-hydrogen) atoms. The molecular formula is C18H15NO4. The van der Waals surface area contributed by atoms with Gasteiger partial charge in [-0.2, -0.15) is 0 Å². The summed E-state index contributed by atoms with van der Waals surface area (Å²) < 4.78 is 10.8. The number of allylic oxidation sites excluding steroid dienone is 1. The van der Waals surface area contributed by atoms with Gasteiger partial charge in [0.15, 0.2) is 5.76 Å².